The van der Waals surface area contributed by atoms with Gasteiger partial charge in [0.25, 0.3) is 0 Å². The maximum atomic E-state index is 9.15. The molecule has 1 heterocycles. The van der Waals surface area contributed by atoms with Gasteiger partial charge in [0.2, 0.25) is 0 Å². The van der Waals surface area contributed by atoms with Gasteiger partial charge >= 0.3 is 0 Å². The highest BCUT2D eigenvalue weighted by Gasteiger charge is 2.27. The lowest BCUT2D eigenvalue weighted by atomic mass is 9.87. The van der Waals surface area contributed by atoms with Crippen LogP contribution in [0.15, 0.2) is 46.0 Å². The summed E-state index contributed by atoms with van der Waals surface area (Å²) in [5.74, 6) is 0.423. The molecule has 0 atom stereocenters. The Morgan fingerprint density at radius 2 is 1.94 bits per heavy atom. The number of nitrogens with one attached hydrogen (secondary N) is 1. The van der Waals surface area contributed by atoms with E-state index in [1.165, 1.54) is 38.2 Å². The summed E-state index contributed by atoms with van der Waals surface area (Å²) in [6, 6.07) is 4.50. The fourth-order valence-electron chi connectivity index (χ4n) is 4.26. The summed E-state index contributed by atoms with van der Waals surface area (Å²) in [6.45, 7) is 15.5. The number of H-pyrrole nitrogens is 1. The number of rotatable bonds is 7. The van der Waals surface area contributed by atoms with Crippen molar-refractivity contribution >= 4 is 46.0 Å². The summed E-state index contributed by atoms with van der Waals surface area (Å²) in [6.07, 6.45) is 10.5. The van der Waals surface area contributed by atoms with Crippen LogP contribution in [0, 0.1) is 5.41 Å². The molecule has 0 bridgehead atoms. The highest BCUT2D eigenvalue weighted by Crippen LogP contribution is 2.44. The molecular formula is C27H36N2OS2. The van der Waals surface area contributed by atoms with Crippen LogP contribution in [0.1, 0.15) is 77.6 Å². The quantitative estimate of drug-likeness (QED) is 0.142. The summed E-state index contributed by atoms with van der Waals surface area (Å²) >= 11 is 7.63. The Balaban J connectivity index is 2.27. The van der Waals surface area contributed by atoms with E-state index in [4.69, 9.17) is 17.4 Å². The van der Waals surface area contributed by atoms with Crippen LogP contribution >= 0.6 is 24.0 Å². The average Bonchev–Trinajstić information content (AvgIpc) is 2.98. The smallest absolute Gasteiger partial charge is 0.0496 e. The molecule has 0 saturated heterocycles. The van der Waals surface area contributed by atoms with E-state index in [9.17, 15) is 0 Å². The molecule has 5 heteroatoms. The predicted octanol–water partition coefficient (Wildman–Crippen LogP) is 8.01. The molecule has 2 aromatic rings. The van der Waals surface area contributed by atoms with Crippen molar-refractivity contribution < 1.29 is 5.21 Å². The number of nitrogens with zero attached hydrogens (tertiary/aromatic N) is 1. The second-order valence-electron chi connectivity index (χ2n) is 10.7. The van der Waals surface area contributed by atoms with Crippen LogP contribution in [-0.2, 0) is 12.8 Å². The number of aromatic amines is 1. The normalized spacial score (nSPS) is 15.4. The van der Waals surface area contributed by atoms with Gasteiger partial charge in [-0.15, -0.1) is 16.9 Å². The molecule has 1 aliphatic carbocycles. The van der Waals surface area contributed by atoms with Gasteiger partial charge < -0.3 is 10.2 Å². The van der Waals surface area contributed by atoms with Gasteiger partial charge in [-0.05, 0) is 41.5 Å². The van der Waals surface area contributed by atoms with E-state index in [0.29, 0.717) is 5.92 Å². The number of oxime groups is 1. The lowest BCUT2D eigenvalue weighted by Gasteiger charge is -2.23. The lowest BCUT2D eigenvalue weighted by Crippen LogP contribution is -2.18. The van der Waals surface area contributed by atoms with Crippen LogP contribution in [0.4, 0.5) is 0 Å². The van der Waals surface area contributed by atoms with E-state index < -0.39 is 0 Å². The monoisotopic (exact) mass is 468 g/mol. The molecule has 1 aliphatic rings. The first-order valence-electron chi connectivity index (χ1n) is 11.3. The maximum absolute atomic E-state index is 9.15. The summed E-state index contributed by atoms with van der Waals surface area (Å²) in [5, 5.41) is 13.8. The van der Waals surface area contributed by atoms with Gasteiger partial charge in [0.05, 0.1) is 0 Å². The van der Waals surface area contributed by atoms with Gasteiger partial charge in [0, 0.05) is 49.2 Å². The molecule has 0 aliphatic heterocycles. The Bertz CT molecular complexity index is 1100. The number of fused-ring (bicyclic) bond motifs is 1. The number of allylic oxidation sites excluding steroid dienone is 4. The number of benzene rings is 1. The van der Waals surface area contributed by atoms with Crippen LogP contribution in [-0.4, -0.2) is 26.0 Å². The molecule has 1 aromatic heterocycles. The number of aromatic nitrogens is 1. The van der Waals surface area contributed by atoms with Crippen molar-refractivity contribution in [3.8, 4) is 0 Å². The third kappa shape index (κ3) is 5.74. The van der Waals surface area contributed by atoms with Crippen molar-refractivity contribution in [2.24, 2.45) is 10.6 Å². The van der Waals surface area contributed by atoms with Crippen LogP contribution in [0.5, 0.6) is 0 Å². The second kappa shape index (κ2) is 9.56. The average molecular weight is 469 g/mol. The molecule has 172 valence electrons. The van der Waals surface area contributed by atoms with E-state index in [1.807, 2.05) is 11.8 Å². The Kier molecular flexibility index (Phi) is 7.41. The molecule has 0 fully saturated rings. The van der Waals surface area contributed by atoms with Crippen molar-refractivity contribution in [2.75, 3.05) is 0 Å². The fraction of sp³-hybridized carbons (Fsp3) is 0.481. The second-order valence-corrected chi connectivity index (χ2v) is 13.0. The van der Waals surface area contributed by atoms with Crippen LogP contribution in [0.25, 0.3) is 10.9 Å². The van der Waals surface area contributed by atoms with Crippen LogP contribution in [0.3, 0.4) is 0 Å². The topological polar surface area (TPSA) is 48.4 Å². The van der Waals surface area contributed by atoms with Gasteiger partial charge in [0.15, 0.2) is 0 Å². The molecule has 32 heavy (non-hydrogen) atoms. The molecule has 3 rings (SSSR count). The van der Waals surface area contributed by atoms with E-state index in [-0.39, 0.29) is 10.2 Å². The minimum absolute atomic E-state index is 0.0618. The van der Waals surface area contributed by atoms with E-state index in [1.54, 1.807) is 6.21 Å². The van der Waals surface area contributed by atoms with E-state index >= 15 is 0 Å². The Labute approximate surface area is 202 Å². The zero-order chi connectivity index (χ0) is 23.7. The van der Waals surface area contributed by atoms with E-state index in [2.05, 4.69) is 89.0 Å². The van der Waals surface area contributed by atoms with Gasteiger partial charge in [-0.1, -0.05) is 85.0 Å². The third-order valence-corrected chi connectivity index (χ3v) is 7.36. The fourth-order valence-corrected chi connectivity index (χ4v) is 5.69. The number of hydrogen-bond donors (Lipinski definition) is 2. The van der Waals surface area contributed by atoms with Crippen LogP contribution in [0.2, 0.25) is 0 Å². The third-order valence-electron chi connectivity index (χ3n) is 5.67. The lowest BCUT2D eigenvalue weighted by molar-refractivity contribution is 0.313. The molecule has 0 saturated carbocycles. The van der Waals surface area contributed by atoms with Gasteiger partial charge in [-0.2, -0.15) is 0 Å². The number of hydrogen-bond acceptors (Lipinski definition) is 4. The SMILES string of the molecule is CC(C)c1ccc2[nH]c(CC(C)(C)C=NO)c(SC(C)(C)C)c2c1CC1=CC=CCC1=S. The van der Waals surface area contributed by atoms with Gasteiger partial charge in [-0.25, -0.2) is 0 Å². The summed E-state index contributed by atoms with van der Waals surface area (Å²) < 4.78 is 0.0618. The minimum Gasteiger partial charge on any atom is -0.411 e. The van der Waals surface area contributed by atoms with Gasteiger partial charge in [0.1, 0.15) is 0 Å². The molecule has 1 aromatic carbocycles. The maximum Gasteiger partial charge on any atom is 0.0496 e. The zero-order valence-corrected chi connectivity index (χ0v) is 22.0. The highest BCUT2D eigenvalue weighted by atomic mass is 32.2. The van der Waals surface area contributed by atoms with Crippen molar-refractivity contribution in [1.29, 1.82) is 0 Å². The summed E-state index contributed by atoms with van der Waals surface area (Å²) in [5.41, 5.74) is 6.12. The number of thiocarbonyl (C=S) groups is 1. The van der Waals surface area contributed by atoms with Crippen LogP contribution < -0.4 is 0 Å². The Hall–Kier alpha value is -1.85. The number of thioether (sulfide) groups is 1. The van der Waals surface area contributed by atoms with Crippen molar-refractivity contribution in [3.63, 3.8) is 0 Å². The van der Waals surface area contributed by atoms with Gasteiger partial charge in [-0.3, -0.25) is 0 Å². The minimum atomic E-state index is -0.262. The zero-order valence-electron chi connectivity index (χ0n) is 20.4. The van der Waals surface area contributed by atoms with Crippen molar-refractivity contribution in [2.45, 2.75) is 83.3 Å². The first-order valence-corrected chi connectivity index (χ1v) is 12.6. The summed E-state index contributed by atoms with van der Waals surface area (Å²) in [4.78, 5) is 6.08. The molecule has 0 radical (unpaired) electrons. The Morgan fingerprint density at radius 1 is 1.22 bits per heavy atom. The first-order chi connectivity index (χ1) is 14.9. The summed E-state index contributed by atoms with van der Waals surface area (Å²) in [7, 11) is 0. The molecular weight excluding hydrogens is 432 g/mol. The standard InChI is InChI=1S/C27H36N2OS2/c1-17(2)19-12-13-21-24(20(19)14-18-10-8-9-11-23(18)31)25(32-26(3,4)5)22(29-21)15-27(6,7)16-28-30/h8-10,12-13,16-17,29-30H,11,14-15H2,1-7H3. The highest BCUT2D eigenvalue weighted by molar-refractivity contribution is 8.00. The molecule has 3 nitrogen and oxygen atoms in total. The van der Waals surface area contributed by atoms with Crippen molar-refractivity contribution in [3.05, 3.63) is 52.8 Å². The largest absolute Gasteiger partial charge is 0.411 e. The van der Waals surface area contributed by atoms with E-state index in [0.717, 1.165) is 24.1 Å². The Morgan fingerprint density at radius 3 is 2.53 bits per heavy atom. The van der Waals surface area contributed by atoms with Crippen molar-refractivity contribution in [1.82, 2.24) is 4.98 Å². The molecule has 2 N–H and O–H groups in total. The molecule has 0 amide bonds. The first kappa shape index (κ1) is 24.8. The molecule has 0 unspecified atom stereocenters. The predicted molar refractivity (Wildman–Crippen MR) is 144 cm³/mol. The molecule has 0 spiro atoms.